The number of carbonyl (C=O) groups is 1. The van der Waals surface area contributed by atoms with Gasteiger partial charge in [0.05, 0.1) is 24.5 Å². The third-order valence-corrected chi connectivity index (χ3v) is 5.46. The van der Waals surface area contributed by atoms with Crippen LogP contribution in [0, 0.1) is 0 Å². The summed E-state index contributed by atoms with van der Waals surface area (Å²) in [4.78, 5) is 11.4. The summed E-state index contributed by atoms with van der Waals surface area (Å²) in [6.45, 7) is -1.40. The predicted molar refractivity (Wildman–Crippen MR) is 103 cm³/mol. The molecule has 0 unspecified atom stereocenters. The van der Waals surface area contributed by atoms with Gasteiger partial charge in [-0.05, 0) is 12.1 Å². The Bertz CT molecular complexity index is 776. The Kier molecular flexibility index (Phi) is 8.00. The van der Waals surface area contributed by atoms with Gasteiger partial charge in [-0.25, -0.2) is 4.79 Å². The van der Waals surface area contributed by atoms with Gasteiger partial charge in [0.2, 0.25) is 0 Å². The summed E-state index contributed by atoms with van der Waals surface area (Å²) in [7, 11) is 0. The van der Waals surface area contributed by atoms with Gasteiger partial charge < -0.3 is 60.4 Å². The quantitative estimate of drug-likeness (QED) is 0.192. The number of hydrogen-bond donors (Lipinski definition) is 9. The van der Waals surface area contributed by atoms with Crippen molar-refractivity contribution in [3.8, 4) is 0 Å². The summed E-state index contributed by atoms with van der Waals surface area (Å²) in [5.41, 5.74) is -0.0146. The van der Waals surface area contributed by atoms with Crippen LogP contribution in [0.3, 0.4) is 0 Å². The molecule has 0 saturated carbocycles. The van der Waals surface area contributed by atoms with Crippen molar-refractivity contribution in [2.24, 2.45) is 0 Å². The lowest BCUT2D eigenvalue weighted by molar-refractivity contribution is -0.340. The minimum Gasteiger partial charge on any atom is -0.478 e. The van der Waals surface area contributed by atoms with Crippen molar-refractivity contribution in [2.45, 2.75) is 61.3 Å². The highest BCUT2D eigenvalue weighted by Gasteiger charge is 2.50. The van der Waals surface area contributed by atoms with Crippen LogP contribution in [0.2, 0.25) is 0 Å². The van der Waals surface area contributed by atoms with Gasteiger partial charge in [-0.3, -0.25) is 0 Å². The van der Waals surface area contributed by atoms with E-state index < -0.39 is 80.5 Å². The first kappa shape index (κ1) is 24.7. The van der Waals surface area contributed by atoms with Crippen LogP contribution < -0.4 is 5.32 Å². The molecule has 180 valence electrons. The van der Waals surface area contributed by atoms with Crippen molar-refractivity contribution < 1.29 is 59.9 Å². The van der Waals surface area contributed by atoms with Crippen LogP contribution in [0.1, 0.15) is 10.4 Å². The number of carboxylic acids is 1. The lowest BCUT2D eigenvalue weighted by Gasteiger charge is -2.46. The van der Waals surface area contributed by atoms with Crippen LogP contribution in [-0.4, -0.2) is 121 Å². The molecule has 0 bridgehead atoms. The first-order valence-electron chi connectivity index (χ1n) is 9.86. The molecule has 0 aromatic heterocycles. The molecule has 0 amide bonds. The molecule has 13 heteroatoms. The van der Waals surface area contributed by atoms with Crippen molar-refractivity contribution in [1.82, 2.24) is 0 Å². The van der Waals surface area contributed by atoms with Gasteiger partial charge in [-0.2, -0.15) is 0 Å². The number of aliphatic hydroxyl groups excluding tert-OH is 7. The van der Waals surface area contributed by atoms with Gasteiger partial charge in [0.15, 0.2) is 12.5 Å². The molecule has 2 heterocycles. The van der Waals surface area contributed by atoms with E-state index in [1.807, 2.05) is 0 Å². The number of para-hydroxylation sites is 1. The summed E-state index contributed by atoms with van der Waals surface area (Å²) in [5, 5.41) is 82.0. The highest BCUT2D eigenvalue weighted by molar-refractivity contribution is 5.94. The Labute approximate surface area is 182 Å². The zero-order valence-corrected chi connectivity index (χ0v) is 16.7. The molecular formula is C19H27NO12. The van der Waals surface area contributed by atoms with Crippen molar-refractivity contribution in [3.63, 3.8) is 0 Å². The number of aliphatic hydroxyl groups is 7. The van der Waals surface area contributed by atoms with Crippen molar-refractivity contribution in [2.75, 3.05) is 18.5 Å². The molecule has 1 aromatic rings. The van der Waals surface area contributed by atoms with Gasteiger partial charge in [-0.1, -0.05) is 12.1 Å². The average Bonchev–Trinajstić information content (AvgIpc) is 2.78. The Morgan fingerprint density at radius 2 is 1.53 bits per heavy atom. The molecule has 10 atom stereocenters. The zero-order valence-electron chi connectivity index (χ0n) is 16.7. The summed E-state index contributed by atoms with van der Waals surface area (Å²) < 4.78 is 16.3. The topological polar surface area (TPSA) is 219 Å². The largest absolute Gasteiger partial charge is 0.478 e. The Balaban J connectivity index is 1.75. The van der Waals surface area contributed by atoms with E-state index in [-0.39, 0.29) is 11.3 Å². The summed E-state index contributed by atoms with van der Waals surface area (Å²) in [6, 6.07) is 5.80. The Morgan fingerprint density at radius 1 is 0.875 bits per heavy atom. The van der Waals surface area contributed by atoms with Crippen molar-refractivity contribution in [3.05, 3.63) is 29.8 Å². The first-order valence-corrected chi connectivity index (χ1v) is 9.86. The average molecular weight is 461 g/mol. The number of ether oxygens (including phenoxy) is 3. The van der Waals surface area contributed by atoms with Gasteiger partial charge in [-0.15, -0.1) is 0 Å². The lowest BCUT2D eigenvalue weighted by atomic mass is 9.96. The molecule has 0 spiro atoms. The maximum absolute atomic E-state index is 11.4. The van der Waals surface area contributed by atoms with E-state index in [9.17, 15) is 45.6 Å². The number of carboxylic acid groups (broad SMARTS) is 1. The van der Waals surface area contributed by atoms with Crippen LogP contribution >= 0.6 is 0 Å². The van der Waals surface area contributed by atoms with E-state index in [0.29, 0.717) is 0 Å². The first-order chi connectivity index (χ1) is 15.2. The SMILES string of the molecule is O=C(O)c1ccccc1N[C@H]1O[C@@H](CO)[C@H](O[C@H]2O[C@@H](CO)[C@@H](O)[C@@H](O)[C@H]2O)[C@@H](O)[C@H]1O. The third-order valence-electron chi connectivity index (χ3n) is 5.46. The standard InChI is InChI=1S/C19H27NO12/c21-5-9-11(23)12(24)15(27)19(31-9)32-16-10(6-22)30-17(14(26)13(16)25)20-8-4-2-1-3-7(8)18(28)29/h1-4,9-17,19-27H,5-6H2,(H,28,29)/t9-,10-,11+,12+,13-,14+,15+,16-,17-,19+/m0/s1. The van der Waals surface area contributed by atoms with E-state index in [0.717, 1.165) is 0 Å². The maximum atomic E-state index is 11.4. The molecule has 0 radical (unpaired) electrons. The molecule has 9 N–H and O–H groups in total. The Hall–Kier alpha value is -1.91. The fourth-order valence-corrected chi connectivity index (χ4v) is 3.66. The maximum Gasteiger partial charge on any atom is 0.337 e. The van der Waals surface area contributed by atoms with Crippen LogP contribution in [0.25, 0.3) is 0 Å². The Morgan fingerprint density at radius 3 is 2.16 bits per heavy atom. The zero-order chi connectivity index (χ0) is 23.6. The number of anilines is 1. The van der Waals surface area contributed by atoms with Crippen LogP contribution in [0.15, 0.2) is 24.3 Å². The summed E-state index contributed by atoms with van der Waals surface area (Å²) in [5.74, 6) is -1.23. The van der Waals surface area contributed by atoms with Gasteiger partial charge in [0, 0.05) is 0 Å². The molecule has 13 nitrogen and oxygen atoms in total. The summed E-state index contributed by atoms with van der Waals surface area (Å²) in [6.07, 6.45) is -15.5. The van der Waals surface area contributed by atoms with E-state index in [2.05, 4.69) is 5.32 Å². The molecule has 0 aliphatic carbocycles. The second-order valence-corrected chi connectivity index (χ2v) is 7.55. The minimum atomic E-state index is -1.77. The van der Waals surface area contributed by atoms with Crippen LogP contribution in [0.5, 0.6) is 0 Å². The number of hydrogen-bond acceptors (Lipinski definition) is 12. The van der Waals surface area contributed by atoms with Crippen LogP contribution in [-0.2, 0) is 14.2 Å². The van der Waals surface area contributed by atoms with E-state index in [4.69, 9.17) is 14.2 Å². The molecule has 2 aliphatic rings. The molecule has 3 rings (SSSR count). The lowest BCUT2D eigenvalue weighted by Crippen LogP contribution is -2.65. The van der Waals surface area contributed by atoms with E-state index >= 15 is 0 Å². The van der Waals surface area contributed by atoms with Crippen LogP contribution in [0.4, 0.5) is 5.69 Å². The second kappa shape index (κ2) is 10.4. The fourth-order valence-electron chi connectivity index (χ4n) is 3.66. The number of benzene rings is 1. The normalized spacial score (nSPS) is 40.1. The highest BCUT2D eigenvalue weighted by atomic mass is 16.7. The molecule has 32 heavy (non-hydrogen) atoms. The predicted octanol–water partition coefficient (Wildman–Crippen LogP) is -3.58. The fraction of sp³-hybridized carbons (Fsp3) is 0.632. The third kappa shape index (κ3) is 4.87. The van der Waals surface area contributed by atoms with Gasteiger partial charge in [0.1, 0.15) is 48.8 Å². The van der Waals surface area contributed by atoms with E-state index in [1.54, 1.807) is 6.07 Å². The molecular weight excluding hydrogens is 434 g/mol. The number of nitrogens with one attached hydrogen (secondary N) is 1. The molecule has 2 fully saturated rings. The highest BCUT2D eigenvalue weighted by Crippen LogP contribution is 2.30. The smallest absolute Gasteiger partial charge is 0.337 e. The van der Waals surface area contributed by atoms with Gasteiger partial charge in [0.25, 0.3) is 0 Å². The van der Waals surface area contributed by atoms with E-state index in [1.165, 1.54) is 18.2 Å². The molecule has 2 aliphatic heterocycles. The molecule has 2 saturated heterocycles. The minimum absolute atomic E-state index is 0.0984. The second-order valence-electron chi connectivity index (χ2n) is 7.55. The van der Waals surface area contributed by atoms with Crippen molar-refractivity contribution >= 4 is 11.7 Å². The number of rotatable bonds is 7. The monoisotopic (exact) mass is 461 g/mol. The van der Waals surface area contributed by atoms with Crippen molar-refractivity contribution in [1.29, 1.82) is 0 Å². The number of aromatic carboxylic acids is 1. The molecule has 1 aromatic carbocycles. The summed E-state index contributed by atoms with van der Waals surface area (Å²) >= 11 is 0. The van der Waals surface area contributed by atoms with Gasteiger partial charge >= 0.3 is 5.97 Å².